The van der Waals surface area contributed by atoms with E-state index in [9.17, 15) is 4.39 Å². The van der Waals surface area contributed by atoms with Crippen molar-refractivity contribution in [1.29, 1.82) is 0 Å². The van der Waals surface area contributed by atoms with Crippen LogP contribution in [0.15, 0.2) is 18.2 Å². The van der Waals surface area contributed by atoms with Crippen molar-refractivity contribution >= 4 is 17.2 Å². The van der Waals surface area contributed by atoms with Gasteiger partial charge in [0.1, 0.15) is 10.8 Å². The molecule has 0 atom stereocenters. The lowest BCUT2D eigenvalue weighted by Gasteiger charge is -2.30. The Labute approximate surface area is 132 Å². The number of nitrogens with two attached hydrogens (primary N) is 1. The molecule has 1 aromatic carbocycles. The van der Waals surface area contributed by atoms with Crippen LogP contribution in [-0.2, 0) is 6.54 Å². The fourth-order valence-corrected chi connectivity index (χ4v) is 3.33. The molecule has 0 radical (unpaired) electrons. The summed E-state index contributed by atoms with van der Waals surface area (Å²) in [6.45, 7) is 6.41. The minimum Gasteiger partial charge on any atom is -0.389 e. The number of hydrogen-bond acceptors (Lipinski definition) is 2. The van der Waals surface area contributed by atoms with Crippen LogP contribution >= 0.6 is 12.2 Å². The zero-order chi connectivity index (χ0) is 15.4. The van der Waals surface area contributed by atoms with Gasteiger partial charge in [0, 0.05) is 24.7 Å². The molecule has 1 aliphatic rings. The van der Waals surface area contributed by atoms with E-state index in [4.69, 9.17) is 18.0 Å². The van der Waals surface area contributed by atoms with Crippen molar-refractivity contribution in [1.82, 2.24) is 4.90 Å². The van der Waals surface area contributed by atoms with Gasteiger partial charge in [-0.2, -0.15) is 0 Å². The van der Waals surface area contributed by atoms with Crippen molar-refractivity contribution in [2.45, 2.75) is 52.1 Å². The summed E-state index contributed by atoms with van der Waals surface area (Å²) in [7, 11) is 0. The molecule has 0 heterocycles. The molecule has 1 saturated carbocycles. The Kier molecular flexibility index (Phi) is 5.71. The summed E-state index contributed by atoms with van der Waals surface area (Å²) in [5.41, 5.74) is 7.04. The van der Waals surface area contributed by atoms with Crippen molar-refractivity contribution in [2.24, 2.45) is 11.7 Å². The minimum absolute atomic E-state index is 0.130. The Bertz CT molecular complexity index is 496. The Hall–Kier alpha value is -1.00. The number of thiocarbonyl (C=S) groups is 1. The molecule has 4 heteroatoms. The van der Waals surface area contributed by atoms with Crippen molar-refractivity contribution in [3.8, 4) is 0 Å². The summed E-state index contributed by atoms with van der Waals surface area (Å²) >= 11 is 4.92. The Balaban J connectivity index is 2.15. The average Bonchev–Trinajstić information content (AvgIpc) is 2.93. The van der Waals surface area contributed by atoms with Crippen LogP contribution in [0.5, 0.6) is 0 Å². The minimum atomic E-state index is -0.331. The summed E-state index contributed by atoms with van der Waals surface area (Å²) in [4.78, 5) is 2.67. The second-order valence-electron chi connectivity index (χ2n) is 6.44. The van der Waals surface area contributed by atoms with Crippen molar-refractivity contribution in [3.05, 3.63) is 35.1 Å². The van der Waals surface area contributed by atoms with Gasteiger partial charge in [0.05, 0.1) is 0 Å². The highest BCUT2D eigenvalue weighted by Gasteiger charge is 2.23. The van der Waals surface area contributed by atoms with Crippen LogP contribution in [0.2, 0.25) is 0 Å². The number of benzene rings is 1. The van der Waals surface area contributed by atoms with E-state index < -0.39 is 0 Å². The van der Waals surface area contributed by atoms with Crippen molar-refractivity contribution < 1.29 is 4.39 Å². The molecule has 0 aliphatic heterocycles. The smallest absolute Gasteiger partial charge is 0.133 e. The molecule has 2 N–H and O–H groups in total. The van der Waals surface area contributed by atoms with Crippen LogP contribution in [-0.4, -0.2) is 22.5 Å². The first kappa shape index (κ1) is 16.4. The van der Waals surface area contributed by atoms with Crippen LogP contribution in [0.25, 0.3) is 0 Å². The van der Waals surface area contributed by atoms with Gasteiger partial charge in [-0.15, -0.1) is 0 Å². The number of nitrogens with zero attached hydrogens (tertiary/aromatic N) is 1. The average molecular weight is 308 g/mol. The first-order valence-electron chi connectivity index (χ1n) is 7.79. The molecule has 0 unspecified atom stereocenters. The van der Waals surface area contributed by atoms with E-state index in [1.54, 1.807) is 6.07 Å². The fourth-order valence-electron chi connectivity index (χ4n) is 3.18. The van der Waals surface area contributed by atoms with Gasteiger partial charge in [0.25, 0.3) is 0 Å². The Morgan fingerprint density at radius 3 is 2.62 bits per heavy atom. The Morgan fingerprint density at radius 1 is 1.38 bits per heavy atom. The van der Waals surface area contributed by atoms with Gasteiger partial charge in [-0.1, -0.05) is 45.0 Å². The van der Waals surface area contributed by atoms with Crippen LogP contribution in [0.3, 0.4) is 0 Å². The molecular weight excluding hydrogens is 283 g/mol. The molecule has 2 rings (SSSR count). The molecule has 1 aliphatic carbocycles. The van der Waals surface area contributed by atoms with Gasteiger partial charge >= 0.3 is 0 Å². The monoisotopic (exact) mass is 308 g/mol. The molecular formula is C17H25FN2S. The molecule has 0 spiro atoms. The zero-order valence-corrected chi connectivity index (χ0v) is 13.8. The number of rotatable bonds is 6. The summed E-state index contributed by atoms with van der Waals surface area (Å²) in [6, 6.07) is 5.79. The largest absolute Gasteiger partial charge is 0.389 e. The molecule has 0 amide bonds. The quantitative estimate of drug-likeness (QED) is 0.809. The van der Waals surface area contributed by atoms with Crippen LogP contribution < -0.4 is 5.73 Å². The number of halogens is 1. The maximum atomic E-state index is 13.7. The fraction of sp³-hybridized carbons (Fsp3) is 0.588. The van der Waals surface area contributed by atoms with Gasteiger partial charge < -0.3 is 5.73 Å². The second-order valence-corrected chi connectivity index (χ2v) is 6.88. The third kappa shape index (κ3) is 4.48. The second kappa shape index (κ2) is 7.32. The lowest BCUT2D eigenvalue weighted by Crippen LogP contribution is -2.35. The molecule has 0 aromatic heterocycles. The molecule has 1 aromatic rings. The first-order chi connectivity index (χ1) is 9.97. The predicted molar refractivity (Wildman–Crippen MR) is 89.8 cm³/mol. The maximum Gasteiger partial charge on any atom is 0.133 e. The molecule has 116 valence electrons. The standard InChI is InChI=1S/C17H25FN2S/c1-12(2)10-20(14-5-3-4-6-14)11-13-7-8-16(18)15(9-13)17(19)21/h7-9,12,14H,3-6,10-11H2,1-2H3,(H2,19,21). The normalized spacial score (nSPS) is 16.0. The maximum absolute atomic E-state index is 13.7. The third-order valence-corrected chi connectivity index (χ3v) is 4.34. The van der Waals surface area contributed by atoms with Gasteiger partial charge in [0.15, 0.2) is 0 Å². The summed E-state index contributed by atoms with van der Waals surface area (Å²) in [5.74, 6) is 0.295. The molecule has 21 heavy (non-hydrogen) atoms. The summed E-state index contributed by atoms with van der Waals surface area (Å²) < 4.78 is 13.7. The van der Waals surface area contributed by atoms with Gasteiger partial charge in [-0.25, -0.2) is 4.39 Å². The van der Waals surface area contributed by atoms with E-state index in [0.29, 0.717) is 17.5 Å². The predicted octanol–water partition coefficient (Wildman–Crippen LogP) is 3.86. The highest BCUT2D eigenvalue weighted by atomic mass is 32.1. The van der Waals surface area contributed by atoms with Gasteiger partial charge in [-0.3, -0.25) is 4.90 Å². The van der Waals surface area contributed by atoms with E-state index in [1.165, 1.54) is 31.7 Å². The topological polar surface area (TPSA) is 29.3 Å². The molecule has 0 saturated heterocycles. The van der Waals surface area contributed by atoms with Crippen LogP contribution in [0.1, 0.15) is 50.7 Å². The van der Waals surface area contributed by atoms with Gasteiger partial charge in [-0.05, 0) is 36.5 Å². The first-order valence-corrected chi connectivity index (χ1v) is 8.20. The van der Waals surface area contributed by atoms with Crippen LogP contribution in [0.4, 0.5) is 4.39 Å². The molecule has 0 bridgehead atoms. The SMILES string of the molecule is CC(C)CN(Cc1ccc(F)c(C(N)=S)c1)C1CCCC1. The van der Waals surface area contributed by atoms with E-state index in [2.05, 4.69) is 18.7 Å². The highest BCUT2D eigenvalue weighted by Crippen LogP contribution is 2.26. The Morgan fingerprint density at radius 2 is 2.05 bits per heavy atom. The summed E-state index contributed by atoms with van der Waals surface area (Å²) in [6.07, 6.45) is 5.19. The van der Waals surface area contributed by atoms with E-state index in [0.717, 1.165) is 18.7 Å². The summed E-state index contributed by atoms with van der Waals surface area (Å²) in [5, 5.41) is 0. The lowest BCUT2D eigenvalue weighted by atomic mass is 10.1. The lowest BCUT2D eigenvalue weighted by molar-refractivity contribution is 0.168. The highest BCUT2D eigenvalue weighted by molar-refractivity contribution is 7.80. The van der Waals surface area contributed by atoms with Crippen molar-refractivity contribution in [3.63, 3.8) is 0 Å². The molecule has 2 nitrogen and oxygen atoms in total. The van der Waals surface area contributed by atoms with Crippen LogP contribution in [0, 0.1) is 11.7 Å². The number of hydrogen-bond donors (Lipinski definition) is 1. The van der Waals surface area contributed by atoms with Gasteiger partial charge in [0.2, 0.25) is 0 Å². The third-order valence-electron chi connectivity index (χ3n) is 4.12. The van der Waals surface area contributed by atoms with E-state index >= 15 is 0 Å². The van der Waals surface area contributed by atoms with E-state index in [-0.39, 0.29) is 10.8 Å². The van der Waals surface area contributed by atoms with Crippen molar-refractivity contribution in [2.75, 3.05) is 6.54 Å². The zero-order valence-electron chi connectivity index (χ0n) is 12.9. The van der Waals surface area contributed by atoms with E-state index in [1.807, 2.05) is 6.07 Å². The molecule has 1 fully saturated rings.